The van der Waals surface area contributed by atoms with Gasteiger partial charge in [-0.1, -0.05) is 42.5 Å². The number of aliphatic hydroxyl groups excluding tert-OH is 3. The quantitative estimate of drug-likeness (QED) is 0.153. The van der Waals surface area contributed by atoms with Gasteiger partial charge in [0, 0.05) is 12.1 Å². The first-order valence-corrected chi connectivity index (χ1v) is 12.8. The lowest BCUT2D eigenvalue weighted by atomic mass is 10.0. The molecular weight excluding hydrogens is 502 g/mol. The van der Waals surface area contributed by atoms with E-state index in [1.807, 2.05) is 55.6 Å². The molecule has 2 aromatic heterocycles. The van der Waals surface area contributed by atoms with Crippen LogP contribution in [0, 0.1) is 0 Å². The number of aromatic nitrogens is 4. The molecule has 206 valence electrons. The van der Waals surface area contributed by atoms with Crippen LogP contribution in [-0.4, -0.2) is 80.0 Å². The highest BCUT2D eigenvalue weighted by atomic mass is 16.6. The van der Waals surface area contributed by atoms with Gasteiger partial charge in [0.1, 0.15) is 30.4 Å². The summed E-state index contributed by atoms with van der Waals surface area (Å²) in [5.41, 5.74) is 9.68. The number of nitrogen functional groups attached to an aromatic ring is 1. The smallest absolute Gasteiger partial charge is 0.207 e. The van der Waals surface area contributed by atoms with Gasteiger partial charge in [-0.25, -0.2) is 15.0 Å². The first-order chi connectivity index (χ1) is 19.0. The summed E-state index contributed by atoms with van der Waals surface area (Å²) in [6.07, 6.45) is -2.45. The Morgan fingerprint density at radius 2 is 1.92 bits per heavy atom. The minimum atomic E-state index is -1.32. The van der Waals surface area contributed by atoms with Gasteiger partial charge >= 0.3 is 0 Å². The summed E-state index contributed by atoms with van der Waals surface area (Å²) >= 11 is 0. The number of ether oxygens (including phenoxy) is 2. The third kappa shape index (κ3) is 5.51. The van der Waals surface area contributed by atoms with E-state index in [9.17, 15) is 15.3 Å². The molecule has 0 bridgehead atoms. The number of benzene rings is 2. The fraction of sp³-hybridized carbons (Fsp3) is 0.370. The van der Waals surface area contributed by atoms with Gasteiger partial charge < -0.3 is 41.2 Å². The molecule has 39 heavy (non-hydrogen) atoms. The van der Waals surface area contributed by atoms with Crippen LogP contribution in [0.4, 0.5) is 11.8 Å². The highest BCUT2D eigenvalue weighted by Gasteiger charge is 2.45. The second kappa shape index (κ2) is 11.9. The van der Waals surface area contributed by atoms with Gasteiger partial charge in [-0.05, 0) is 37.2 Å². The van der Waals surface area contributed by atoms with Gasteiger partial charge in [0.2, 0.25) is 5.95 Å². The second-order valence-corrected chi connectivity index (χ2v) is 9.32. The Balaban J connectivity index is 1.44. The Morgan fingerprint density at radius 1 is 1.10 bits per heavy atom. The summed E-state index contributed by atoms with van der Waals surface area (Å²) in [5, 5.41) is 37.0. The fourth-order valence-electron chi connectivity index (χ4n) is 4.65. The van der Waals surface area contributed by atoms with E-state index < -0.39 is 31.1 Å². The molecule has 0 radical (unpaired) electrons. The third-order valence-electron chi connectivity index (χ3n) is 6.69. The van der Waals surface area contributed by atoms with E-state index in [-0.39, 0.29) is 5.82 Å². The summed E-state index contributed by atoms with van der Waals surface area (Å²) in [5.74, 6) is 1.25. The predicted molar refractivity (Wildman–Crippen MR) is 146 cm³/mol. The molecule has 1 aliphatic rings. The van der Waals surface area contributed by atoms with Crippen LogP contribution >= 0.6 is 0 Å². The van der Waals surface area contributed by atoms with E-state index in [0.29, 0.717) is 30.3 Å². The summed E-state index contributed by atoms with van der Waals surface area (Å²) in [4.78, 5) is 12.9. The molecule has 12 nitrogen and oxygen atoms in total. The van der Waals surface area contributed by atoms with Crippen molar-refractivity contribution in [1.29, 1.82) is 0 Å². The minimum Gasteiger partial charge on any atom is -0.493 e. The van der Waals surface area contributed by atoms with E-state index >= 15 is 0 Å². The number of hydrogen-bond acceptors (Lipinski definition) is 11. The van der Waals surface area contributed by atoms with Crippen molar-refractivity contribution in [2.45, 2.75) is 37.5 Å². The molecule has 7 N–H and O–H groups in total. The predicted octanol–water partition coefficient (Wildman–Crippen LogP) is 1.29. The standard InChI is InChI=1S/C27H33N7O5/c1-29-10-5-11-38-19-12-16(8-9-18(19)17-6-3-2-4-7-17)13-30-27-33-21-24(28)31-15-32-25(21)34(27)26-23(37)22(36)20(14-35)39-26/h2-4,6-9,12,15,20,22-23,26,29,35-37H,5,10-11,13-14H2,1H3,(H,30,33)(H2,28,31,32)/t20-,22-,23-,26-/m1/s1. The molecule has 0 unspecified atom stereocenters. The largest absolute Gasteiger partial charge is 0.493 e. The van der Waals surface area contributed by atoms with Crippen molar-refractivity contribution >= 4 is 22.9 Å². The van der Waals surface area contributed by atoms with Gasteiger partial charge in [0.05, 0.1) is 13.2 Å². The van der Waals surface area contributed by atoms with Crippen molar-refractivity contribution in [3.8, 4) is 16.9 Å². The van der Waals surface area contributed by atoms with Gasteiger partial charge in [-0.3, -0.25) is 4.57 Å². The monoisotopic (exact) mass is 535 g/mol. The zero-order valence-corrected chi connectivity index (χ0v) is 21.6. The van der Waals surface area contributed by atoms with E-state index in [0.717, 1.165) is 35.4 Å². The third-order valence-corrected chi connectivity index (χ3v) is 6.69. The van der Waals surface area contributed by atoms with Crippen LogP contribution in [0.15, 0.2) is 54.9 Å². The van der Waals surface area contributed by atoms with Gasteiger partial charge in [-0.15, -0.1) is 0 Å². The molecule has 0 saturated carbocycles. The molecule has 1 fully saturated rings. The maximum atomic E-state index is 10.7. The van der Waals surface area contributed by atoms with Crippen LogP contribution in [0.25, 0.3) is 22.3 Å². The van der Waals surface area contributed by atoms with Crippen LogP contribution in [0.1, 0.15) is 18.2 Å². The van der Waals surface area contributed by atoms with Gasteiger partial charge in [0.25, 0.3) is 0 Å². The van der Waals surface area contributed by atoms with Crippen LogP contribution < -0.4 is 21.1 Å². The molecule has 1 saturated heterocycles. The van der Waals surface area contributed by atoms with E-state index in [2.05, 4.69) is 25.6 Å². The number of fused-ring (bicyclic) bond motifs is 1. The average molecular weight is 536 g/mol. The number of hydrogen-bond donors (Lipinski definition) is 6. The number of anilines is 2. The van der Waals surface area contributed by atoms with Crippen LogP contribution in [0.2, 0.25) is 0 Å². The van der Waals surface area contributed by atoms with Crippen molar-refractivity contribution in [3.05, 3.63) is 60.4 Å². The number of nitrogens with one attached hydrogen (secondary N) is 2. The Hall–Kier alpha value is -3.81. The lowest BCUT2D eigenvalue weighted by Gasteiger charge is -2.20. The lowest BCUT2D eigenvalue weighted by Crippen LogP contribution is -2.33. The summed E-state index contributed by atoms with van der Waals surface area (Å²) in [6, 6.07) is 16.1. The Kier molecular flexibility index (Phi) is 8.19. The summed E-state index contributed by atoms with van der Waals surface area (Å²) in [7, 11) is 1.91. The van der Waals surface area contributed by atoms with Crippen molar-refractivity contribution < 1.29 is 24.8 Å². The Labute approximate surface area is 225 Å². The molecule has 0 aliphatic carbocycles. The van der Waals surface area contributed by atoms with Crippen LogP contribution in [0.3, 0.4) is 0 Å². The van der Waals surface area contributed by atoms with Crippen molar-refractivity contribution in [1.82, 2.24) is 24.8 Å². The van der Waals surface area contributed by atoms with Crippen LogP contribution in [0.5, 0.6) is 5.75 Å². The highest BCUT2D eigenvalue weighted by Crippen LogP contribution is 2.36. The average Bonchev–Trinajstić information content (AvgIpc) is 3.47. The SMILES string of the molecule is CNCCCOc1cc(CNc2nc3c(N)ncnc3n2[C@@H]2O[C@H](CO)[C@@H](O)[C@H]2O)ccc1-c1ccccc1. The van der Waals surface area contributed by atoms with Crippen molar-refractivity contribution in [3.63, 3.8) is 0 Å². The van der Waals surface area contributed by atoms with Crippen LogP contribution in [-0.2, 0) is 11.3 Å². The maximum absolute atomic E-state index is 10.7. The number of rotatable bonds is 11. The first-order valence-electron chi connectivity index (χ1n) is 12.8. The zero-order chi connectivity index (χ0) is 27.4. The maximum Gasteiger partial charge on any atom is 0.207 e. The summed E-state index contributed by atoms with van der Waals surface area (Å²) in [6.45, 7) is 1.32. The topological polar surface area (TPSA) is 173 Å². The van der Waals surface area contributed by atoms with Gasteiger partial charge in [-0.2, -0.15) is 0 Å². The summed E-state index contributed by atoms with van der Waals surface area (Å²) < 4.78 is 13.5. The molecule has 12 heteroatoms. The Bertz CT molecular complexity index is 1400. The zero-order valence-electron chi connectivity index (χ0n) is 21.6. The molecule has 4 atom stereocenters. The van der Waals surface area contributed by atoms with Gasteiger partial charge in [0.15, 0.2) is 23.2 Å². The molecule has 3 heterocycles. The van der Waals surface area contributed by atoms with E-state index in [4.69, 9.17) is 15.2 Å². The number of aliphatic hydroxyl groups is 3. The number of nitrogens with zero attached hydrogens (tertiary/aromatic N) is 4. The first kappa shape index (κ1) is 26.8. The highest BCUT2D eigenvalue weighted by molar-refractivity contribution is 5.84. The molecule has 5 rings (SSSR count). The molecule has 2 aromatic carbocycles. The molecule has 0 amide bonds. The Morgan fingerprint density at radius 3 is 2.67 bits per heavy atom. The normalized spacial score (nSPS) is 20.9. The number of imidazole rings is 1. The van der Waals surface area contributed by atoms with Crippen molar-refractivity contribution in [2.24, 2.45) is 0 Å². The molecular formula is C27H33N7O5. The minimum absolute atomic E-state index is 0.165. The van der Waals surface area contributed by atoms with E-state index in [1.54, 1.807) is 0 Å². The fourth-order valence-corrected chi connectivity index (χ4v) is 4.65. The molecule has 0 spiro atoms. The van der Waals surface area contributed by atoms with Crippen molar-refractivity contribution in [2.75, 3.05) is 37.9 Å². The lowest BCUT2D eigenvalue weighted by molar-refractivity contribution is -0.0501. The number of nitrogens with two attached hydrogens (primary N) is 1. The molecule has 4 aromatic rings. The van der Waals surface area contributed by atoms with E-state index in [1.165, 1.54) is 10.9 Å². The molecule has 1 aliphatic heterocycles. The second-order valence-electron chi connectivity index (χ2n) is 9.32.